The summed E-state index contributed by atoms with van der Waals surface area (Å²) in [4.78, 5) is 28.4. The van der Waals surface area contributed by atoms with Crippen LogP contribution in [0.5, 0.6) is 5.75 Å². The van der Waals surface area contributed by atoms with Gasteiger partial charge in [0.2, 0.25) is 5.91 Å². The van der Waals surface area contributed by atoms with Gasteiger partial charge in [-0.15, -0.1) is 11.3 Å². The van der Waals surface area contributed by atoms with Gasteiger partial charge in [-0.25, -0.2) is 9.37 Å². The van der Waals surface area contributed by atoms with E-state index in [2.05, 4.69) is 15.6 Å². The predicted octanol–water partition coefficient (Wildman–Crippen LogP) is 4.38. The molecular formula is C20H18FN3O3S. The van der Waals surface area contributed by atoms with E-state index in [4.69, 9.17) is 4.74 Å². The Morgan fingerprint density at radius 2 is 1.64 bits per heavy atom. The number of amides is 2. The van der Waals surface area contributed by atoms with Crippen molar-refractivity contribution in [3.63, 3.8) is 0 Å². The number of halogens is 1. The van der Waals surface area contributed by atoms with Gasteiger partial charge in [-0.2, -0.15) is 0 Å². The summed E-state index contributed by atoms with van der Waals surface area (Å²) in [5.74, 6) is -0.233. The maximum atomic E-state index is 12.9. The molecule has 2 aromatic carbocycles. The van der Waals surface area contributed by atoms with E-state index in [-0.39, 0.29) is 24.2 Å². The Kier molecular flexibility index (Phi) is 6.00. The average Bonchev–Trinajstić information content (AvgIpc) is 3.03. The Hall–Kier alpha value is -3.26. The summed E-state index contributed by atoms with van der Waals surface area (Å²) in [6.07, 6.45) is 0. The molecule has 1 aromatic heterocycles. The molecule has 0 aliphatic carbocycles. The lowest BCUT2D eigenvalue weighted by atomic mass is 10.2. The number of nitrogens with zero attached hydrogens (tertiary/aromatic N) is 1. The standard InChI is InChI=1S/C20H18FN3O3S/c1-12-19(20(26)24-16-7-5-15(6-8-16)23-13(2)25)28-18(22-12)11-27-17-9-3-14(21)4-10-17/h3-10H,11H2,1-2H3,(H,23,25)(H,24,26). The van der Waals surface area contributed by atoms with Crippen molar-refractivity contribution in [2.75, 3.05) is 10.6 Å². The summed E-state index contributed by atoms with van der Waals surface area (Å²) in [6.45, 7) is 3.38. The number of hydrogen-bond acceptors (Lipinski definition) is 5. The minimum Gasteiger partial charge on any atom is -0.486 e. The quantitative estimate of drug-likeness (QED) is 0.645. The summed E-state index contributed by atoms with van der Waals surface area (Å²) in [6, 6.07) is 12.5. The van der Waals surface area contributed by atoms with Crippen LogP contribution in [0.1, 0.15) is 27.3 Å². The molecule has 0 bridgehead atoms. The molecule has 0 radical (unpaired) electrons. The van der Waals surface area contributed by atoms with Crippen LogP contribution >= 0.6 is 11.3 Å². The van der Waals surface area contributed by atoms with E-state index in [1.807, 2.05) is 0 Å². The zero-order valence-electron chi connectivity index (χ0n) is 15.3. The number of ether oxygens (including phenoxy) is 1. The molecule has 3 rings (SSSR count). The first-order valence-corrected chi connectivity index (χ1v) is 9.26. The average molecular weight is 399 g/mol. The van der Waals surface area contributed by atoms with Gasteiger partial charge in [0, 0.05) is 18.3 Å². The third kappa shape index (κ3) is 5.14. The second-order valence-electron chi connectivity index (χ2n) is 5.98. The van der Waals surface area contributed by atoms with E-state index in [9.17, 15) is 14.0 Å². The van der Waals surface area contributed by atoms with E-state index in [1.165, 1.54) is 42.5 Å². The number of anilines is 2. The van der Waals surface area contributed by atoms with Crippen molar-refractivity contribution in [1.82, 2.24) is 4.98 Å². The van der Waals surface area contributed by atoms with Crippen LogP contribution in [0.15, 0.2) is 48.5 Å². The van der Waals surface area contributed by atoms with Crippen molar-refractivity contribution in [3.8, 4) is 5.75 Å². The van der Waals surface area contributed by atoms with Gasteiger partial charge in [0.05, 0.1) is 5.69 Å². The fourth-order valence-corrected chi connectivity index (χ4v) is 3.30. The van der Waals surface area contributed by atoms with E-state index in [0.717, 1.165) is 0 Å². The van der Waals surface area contributed by atoms with Crippen molar-refractivity contribution < 1.29 is 18.7 Å². The Bertz CT molecular complexity index is 985. The third-order valence-corrected chi connectivity index (χ3v) is 4.82. The van der Waals surface area contributed by atoms with Crippen LogP contribution < -0.4 is 15.4 Å². The smallest absolute Gasteiger partial charge is 0.267 e. The molecule has 0 aliphatic heterocycles. The van der Waals surface area contributed by atoms with Crippen molar-refractivity contribution in [1.29, 1.82) is 0 Å². The van der Waals surface area contributed by atoms with Gasteiger partial charge in [0.25, 0.3) is 5.91 Å². The number of thiazole rings is 1. The third-order valence-electron chi connectivity index (χ3n) is 3.69. The van der Waals surface area contributed by atoms with Crippen molar-refractivity contribution in [3.05, 3.63) is 69.9 Å². The SMILES string of the molecule is CC(=O)Nc1ccc(NC(=O)c2sc(COc3ccc(F)cc3)nc2C)cc1. The van der Waals surface area contributed by atoms with E-state index < -0.39 is 0 Å². The lowest BCUT2D eigenvalue weighted by Crippen LogP contribution is -2.11. The van der Waals surface area contributed by atoms with Gasteiger partial charge in [-0.3, -0.25) is 9.59 Å². The van der Waals surface area contributed by atoms with Crippen molar-refractivity contribution >= 4 is 34.5 Å². The highest BCUT2D eigenvalue weighted by molar-refractivity contribution is 7.13. The Morgan fingerprint density at radius 3 is 2.25 bits per heavy atom. The first-order valence-electron chi connectivity index (χ1n) is 8.44. The van der Waals surface area contributed by atoms with E-state index >= 15 is 0 Å². The number of benzene rings is 2. The molecule has 144 valence electrons. The second kappa shape index (κ2) is 8.62. The lowest BCUT2D eigenvalue weighted by molar-refractivity contribution is -0.114. The number of hydrogen-bond donors (Lipinski definition) is 2. The number of aryl methyl sites for hydroxylation is 1. The maximum absolute atomic E-state index is 12.9. The normalized spacial score (nSPS) is 10.4. The zero-order valence-corrected chi connectivity index (χ0v) is 16.1. The van der Waals surface area contributed by atoms with Gasteiger partial charge in [-0.1, -0.05) is 0 Å². The van der Waals surface area contributed by atoms with Crippen LogP contribution in [0.25, 0.3) is 0 Å². The molecule has 0 fully saturated rings. The predicted molar refractivity (Wildman–Crippen MR) is 106 cm³/mol. The Labute approximate surface area is 165 Å². The molecule has 0 atom stereocenters. The van der Waals surface area contributed by atoms with Gasteiger partial charge >= 0.3 is 0 Å². The number of carbonyl (C=O) groups excluding carboxylic acids is 2. The summed E-state index contributed by atoms with van der Waals surface area (Å²) < 4.78 is 18.5. The molecule has 0 saturated carbocycles. The maximum Gasteiger partial charge on any atom is 0.267 e. The minimum atomic E-state index is -0.332. The molecule has 3 aromatic rings. The summed E-state index contributed by atoms with van der Waals surface area (Å²) in [5, 5.41) is 6.12. The summed E-state index contributed by atoms with van der Waals surface area (Å²) >= 11 is 1.24. The van der Waals surface area contributed by atoms with Crippen LogP contribution in [0, 0.1) is 12.7 Å². The molecule has 2 amide bonds. The van der Waals surface area contributed by atoms with Crippen LogP contribution in [-0.2, 0) is 11.4 Å². The van der Waals surface area contributed by atoms with Gasteiger partial charge in [0.15, 0.2) is 0 Å². The fraction of sp³-hybridized carbons (Fsp3) is 0.150. The summed E-state index contributed by atoms with van der Waals surface area (Å²) in [5.41, 5.74) is 1.87. The number of carbonyl (C=O) groups is 2. The monoisotopic (exact) mass is 399 g/mol. The van der Waals surface area contributed by atoms with Gasteiger partial charge < -0.3 is 15.4 Å². The van der Waals surface area contributed by atoms with E-state index in [0.29, 0.717) is 32.7 Å². The number of aromatic nitrogens is 1. The fourth-order valence-electron chi connectivity index (χ4n) is 2.43. The largest absolute Gasteiger partial charge is 0.486 e. The van der Waals surface area contributed by atoms with Gasteiger partial charge in [0.1, 0.15) is 28.1 Å². The van der Waals surface area contributed by atoms with E-state index in [1.54, 1.807) is 31.2 Å². The Morgan fingerprint density at radius 1 is 1.04 bits per heavy atom. The zero-order chi connectivity index (χ0) is 20.1. The highest BCUT2D eigenvalue weighted by Crippen LogP contribution is 2.22. The van der Waals surface area contributed by atoms with Crippen LogP contribution in [-0.4, -0.2) is 16.8 Å². The van der Waals surface area contributed by atoms with Crippen LogP contribution in [0.3, 0.4) is 0 Å². The minimum absolute atomic E-state index is 0.160. The molecular weight excluding hydrogens is 381 g/mol. The number of nitrogens with one attached hydrogen (secondary N) is 2. The molecule has 0 aliphatic rings. The first-order chi connectivity index (χ1) is 13.4. The summed E-state index contributed by atoms with van der Waals surface area (Å²) in [7, 11) is 0. The molecule has 0 saturated heterocycles. The van der Waals surface area contributed by atoms with Crippen LogP contribution in [0.4, 0.5) is 15.8 Å². The molecule has 28 heavy (non-hydrogen) atoms. The first kappa shape index (κ1) is 19.5. The molecule has 6 nitrogen and oxygen atoms in total. The van der Waals surface area contributed by atoms with Crippen molar-refractivity contribution in [2.45, 2.75) is 20.5 Å². The molecule has 8 heteroatoms. The Balaban J connectivity index is 1.62. The molecule has 2 N–H and O–H groups in total. The number of rotatable bonds is 6. The molecule has 0 unspecified atom stereocenters. The van der Waals surface area contributed by atoms with Crippen molar-refractivity contribution in [2.24, 2.45) is 0 Å². The molecule has 0 spiro atoms. The van der Waals surface area contributed by atoms with Crippen LogP contribution in [0.2, 0.25) is 0 Å². The lowest BCUT2D eigenvalue weighted by Gasteiger charge is -2.06. The second-order valence-corrected chi connectivity index (χ2v) is 7.06. The molecule has 1 heterocycles. The highest BCUT2D eigenvalue weighted by atomic mass is 32.1. The topological polar surface area (TPSA) is 80.3 Å². The van der Waals surface area contributed by atoms with Gasteiger partial charge in [-0.05, 0) is 55.5 Å². The highest BCUT2D eigenvalue weighted by Gasteiger charge is 2.16.